The Bertz CT molecular complexity index is 1420. The molecule has 1 fully saturated rings. The van der Waals surface area contributed by atoms with E-state index in [2.05, 4.69) is 36.7 Å². The van der Waals surface area contributed by atoms with E-state index >= 15 is 0 Å². The molecular weight excluding hydrogens is 779 g/mol. The summed E-state index contributed by atoms with van der Waals surface area (Å²) in [7, 11) is 0. The minimum Gasteiger partial charge on any atom is -0.460 e. The molecule has 0 bridgehead atoms. The van der Waals surface area contributed by atoms with E-state index in [1.54, 1.807) is 34.6 Å². The molecule has 1 aromatic rings. The Morgan fingerprint density at radius 1 is 0.820 bits per heavy atom. The number of rotatable bonds is 28. The lowest BCUT2D eigenvalue weighted by Crippen LogP contribution is -2.60. The van der Waals surface area contributed by atoms with E-state index in [4.69, 9.17) is 23.7 Å². The summed E-state index contributed by atoms with van der Waals surface area (Å²) in [5, 5.41) is 18.7. The molecule has 0 radical (unpaired) electrons. The van der Waals surface area contributed by atoms with E-state index < -0.39 is 71.5 Å². The fraction of sp³-hybridized carbons (Fsp3) is 0.792. The monoisotopic (exact) mass is 862 g/mol. The number of nitrogens with one attached hydrogen (secondary N) is 3. The lowest BCUT2D eigenvalue weighted by molar-refractivity contribution is -0.306. The molecule has 8 atom stereocenters. The second-order valence-electron chi connectivity index (χ2n) is 18.8. The number of ether oxygens (including phenoxy) is 5. The third kappa shape index (κ3) is 21.1. The SMILES string of the molecule is CCCCCCCCCCCCC[C@@H](OC(=O)[C@H](COCc1ccccc1)NC(=O)[C@@H](NC(=O)[C@@H](NC(=O)OC(C)(C)C)C(C)C)[C@@H](C)O)[C@H](C)[C@H]1OC(C)(C)OC[C@@H]1CC. The van der Waals surface area contributed by atoms with Crippen LogP contribution in [-0.2, 0) is 44.7 Å². The first kappa shape index (κ1) is 53.9. The molecular formula is C48H83N3O10. The predicted molar refractivity (Wildman–Crippen MR) is 238 cm³/mol. The van der Waals surface area contributed by atoms with Gasteiger partial charge in [-0.2, -0.15) is 0 Å². The van der Waals surface area contributed by atoms with Crippen molar-refractivity contribution in [2.24, 2.45) is 17.8 Å². The zero-order chi connectivity index (χ0) is 45.6. The van der Waals surface area contributed by atoms with Crippen molar-refractivity contribution in [1.82, 2.24) is 16.0 Å². The van der Waals surface area contributed by atoms with Crippen molar-refractivity contribution in [1.29, 1.82) is 0 Å². The number of esters is 1. The minimum absolute atomic E-state index is 0.0983. The molecule has 13 nitrogen and oxygen atoms in total. The van der Waals surface area contributed by atoms with E-state index in [0.717, 1.165) is 31.2 Å². The maximum atomic E-state index is 14.4. The molecule has 0 aliphatic carbocycles. The van der Waals surface area contributed by atoms with Crippen molar-refractivity contribution in [2.75, 3.05) is 13.2 Å². The molecule has 350 valence electrons. The molecule has 2 rings (SSSR count). The van der Waals surface area contributed by atoms with Gasteiger partial charge < -0.3 is 44.7 Å². The van der Waals surface area contributed by atoms with Crippen LogP contribution in [-0.4, -0.2) is 90.0 Å². The average molecular weight is 862 g/mol. The number of aliphatic hydroxyl groups is 1. The van der Waals surface area contributed by atoms with Crippen molar-refractivity contribution >= 4 is 23.9 Å². The average Bonchev–Trinajstić information content (AvgIpc) is 3.18. The van der Waals surface area contributed by atoms with Crippen molar-refractivity contribution < 1.29 is 48.0 Å². The zero-order valence-corrected chi connectivity index (χ0v) is 39.5. The second kappa shape index (κ2) is 27.7. The highest BCUT2D eigenvalue weighted by Gasteiger charge is 2.43. The summed E-state index contributed by atoms with van der Waals surface area (Å²) in [5.41, 5.74) is 0.0758. The number of carbonyl (C=O) groups excluding carboxylic acids is 4. The Labute approximate surface area is 367 Å². The van der Waals surface area contributed by atoms with Crippen LogP contribution in [0, 0.1) is 17.8 Å². The van der Waals surface area contributed by atoms with Gasteiger partial charge >= 0.3 is 12.1 Å². The van der Waals surface area contributed by atoms with Gasteiger partial charge in [0.2, 0.25) is 11.8 Å². The number of alkyl carbamates (subject to hydrolysis) is 1. The van der Waals surface area contributed by atoms with E-state index in [1.807, 2.05) is 44.2 Å². The van der Waals surface area contributed by atoms with Crippen molar-refractivity contribution in [3.63, 3.8) is 0 Å². The Kier molecular flexibility index (Phi) is 24.5. The van der Waals surface area contributed by atoms with Crippen LogP contribution in [0.3, 0.4) is 0 Å². The number of carbonyl (C=O) groups is 4. The molecule has 4 N–H and O–H groups in total. The lowest BCUT2D eigenvalue weighted by atomic mass is 9.84. The zero-order valence-electron chi connectivity index (χ0n) is 39.5. The van der Waals surface area contributed by atoms with Crippen LogP contribution >= 0.6 is 0 Å². The number of aliphatic hydroxyl groups excluding tert-OH is 1. The molecule has 13 heteroatoms. The smallest absolute Gasteiger partial charge is 0.408 e. The maximum Gasteiger partial charge on any atom is 0.408 e. The molecule has 1 heterocycles. The van der Waals surface area contributed by atoms with Gasteiger partial charge in [0, 0.05) is 11.8 Å². The van der Waals surface area contributed by atoms with Gasteiger partial charge in [-0.05, 0) is 72.3 Å². The fourth-order valence-electron chi connectivity index (χ4n) is 7.55. The van der Waals surface area contributed by atoms with Crippen LogP contribution in [0.5, 0.6) is 0 Å². The Hall–Kier alpha value is -3.26. The molecule has 3 amide bonds. The maximum absolute atomic E-state index is 14.4. The fourth-order valence-corrected chi connectivity index (χ4v) is 7.55. The first-order valence-corrected chi connectivity index (χ1v) is 23.2. The number of amides is 3. The number of hydrogen-bond donors (Lipinski definition) is 4. The van der Waals surface area contributed by atoms with Gasteiger partial charge in [-0.25, -0.2) is 9.59 Å². The third-order valence-corrected chi connectivity index (χ3v) is 11.2. The van der Waals surface area contributed by atoms with Gasteiger partial charge in [0.15, 0.2) is 11.8 Å². The van der Waals surface area contributed by atoms with Gasteiger partial charge in [-0.15, -0.1) is 0 Å². The van der Waals surface area contributed by atoms with Crippen LogP contribution in [0.25, 0.3) is 0 Å². The summed E-state index contributed by atoms with van der Waals surface area (Å²) in [4.78, 5) is 54.5. The molecule has 0 unspecified atom stereocenters. The van der Waals surface area contributed by atoms with Crippen LogP contribution in [0.15, 0.2) is 30.3 Å². The normalized spacial score (nSPS) is 19.5. The van der Waals surface area contributed by atoms with E-state index in [0.29, 0.717) is 13.0 Å². The summed E-state index contributed by atoms with van der Waals surface area (Å²) in [5.74, 6) is -3.50. The first-order valence-electron chi connectivity index (χ1n) is 23.2. The van der Waals surface area contributed by atoms with Gasteiger partial charge in [0.25, 0.3) is 0 Å². The highest BCUT2D eigenvalue weighted by Crippen LogP contribution is 2.35. The quantitative estimate of drug-likeness (QED) is 0.0473. The Morgan fingerprint density at radius 2 is 1.39 bits per heavy atom. The number of unbranched alkanes of at least 4 members (excludes halogenated alkanes) is 10. The van der Waals surface area contributed by atoms with Crippen LogP contribution in [0.2, 0.25) is 0 Å². The molecule has 0 spiro atoms. The summed E-state index contributed by atoms with van der Waals surface area (Å²) in [6, 6.07) is 5.61. The molecule has 1 aromatic carbocycles. The summed E-state index contributed by atoms with van der Waals surface area (Å²) < 4.78 is 30.3. The van der Waals surface area contributed by atoms with E-state index in [9.17, 15) is 24.3 Å². The minimum atomic E-state index is -1.48. The lowest BCUT2D eigenvalue weighted by Gasteiger charge is -2.45. The highest BCUT2D eigenvalue weighted by atomic mass is 16.7. The molecule has 0 aromatic heterocycles. The third-order valence-electron chi connectivity index (χ3n) is 11.2. The largest absolute Gasteiger partial charge is 0.460 e. The van der Waals surface area contributed by atoms with Gasteiger partial charge in [-0.3, -0.25) is 9.59 Å². The Balaban J connectivity index is 2.30. The highest BCUT2D eigenvalue weighted by molar-refractivity contribution is 5.93. The molecule has 1 saturated heterocycles. The summed E-state index contributed by atoms with van der Waals surface area (Å²) in [6.07, 6.45) is 11.6. The van der Waals surface area contributed by atoms with Crippen molar-refractivity contribution in [3.05, 3.63) is 35.9 Å². The molecule has 61 heavy (non-hydrogen) atoms. The van der Waals surface area contributed by atoms with E-state index in [1.165, 1.54) is 58.3 Å². The van der Waals surface area contributed by atoms with Gasteiger partial charge in [0.1, 0.15) is 23.8 Å². The van der Waals surface area contributed by atoms with Crippen LogP contribution in [0.4, 0.5) is 4.79 Å². The molecule has 1 aliphatic rings. The Morgan fingerprint density at radius 3 is 1.93 bits per heavy atom. The van der Waals surface area contributed by atoms with Gasteiger partial charge in [0.05, 0.1) is 32.0 Å². The summed E-state index contributed by atoms with van der Waals surface area (Å²) >= 11 is 0. The van der Waals surface area contributed by atoms with Crippen molar-refractivity contribution in [2.45, 2.75) is 214 Å². The molecule has 0 saturated carbocycles. The topological polar surface area (TPSA) is 171 Å². The summed E-state index contributed by atoms with van der Waals surface area (Å²) in [6.45, 7) is 20.6. The molecule has 1 aliphatic heterocycles. The second-order valence-corrected chi connectivity index (χ2v) is 18.8. The number of hydrogen-bond acceptors (Lipinski definition) is 10. The van der Waals surface area contributed by atoms with Crippen LogP contribution in [0.1, 0.15) is 165 Å². The van der Waals surface area contributed by atoms with Crippen molar-refractivity contribution in [3.8, 4) is 0 Å². The van der Waals surface area contributed by atoms with Gasteiger partial charge in [-0.1, -0.05) is 129 Å². The number of benzene rings is 1. The van der Waals surface area contributed by atoms with Crippen LogP contribution < -0.4 is 16.0 Å². The predicted octanol–water partition coefficient (Wildman–Crippen LogP) is 8.53. The first-order chi connectivity index (χ1) is 28.8. The van der Waals surface area contributed by atoms with E-state index in [-0.39, 0.29) is 31.2 Å². The standard InChI is InChI=1S/C48H83N3O10/c1-12-14-15-16-17-18-19-20-21-22-26-29-39(34(5)42-37(13-2)31-58-48(10,11)60-42)59-45(55)38(32-57-30-36-27-24-23-25-28-36)49-44(54)41(35(6)52)50-43(53)40(33(3)4)51-46(56)61-47(7,8)9/h23-25,27-28,33-35,37-42,52H,12-22,26,29-32H2,1-11H3,(H,49,54)(H,50,53)(H,51,56)/t34-,35+,37-,38-,39+,40-,41-,42+/m0/s1.